The van der Waals surface area contributed by atoms with Crippen LogP contribution in [0.3, 0.4) is 0 Å². The highest BCUT2D eigenvalue weighted by atomic mass is 16.2. The molecule has 2 rings (SSSR count). The number of hydrogen-bond acceptors (Lipinski definition) is 4. The van der Waals surface area contributed by atoms with Crippen LogP contribution in [0.15, 0.2) is 18.2 Å². The molecule has 0 unspecified atom stereocenters. The number of Topliss-reactive ketones (excluding diaryl/α,β-unsaturated/α-hetero) is 1. The van der Waals surface area contributed by atoms with Crippen LogP contribution in [0.1, 0.15) is 49.9 Å². The van der Waals surface area contributed by atoms with Crippen LogP contribution in [-0.2, 0) is 4.79 Å². The van der Waals surface area contributed by atoms with Gasteiger partial charge in [-0.25, -0.2) is 0 Å². The van der Waals surface area contributed by atoms with E-state index >= 15 is 0 Å². The molecule has 2 N–H and O–H groups in total. The predicted octanol–water partition coefficient (Wildman–Crippen LogP) is 2.70. The molecule has 1 heterocycles. The Morgan fingerprint density at radius 3 is 2.30 bits per heavy atom. The molecule has 1 aromatic rings. The van der Waals surface area contributed by atoms with E-state index in [0.29, 0.717) is 23.5 Å². The number of fused-ring (bicyclic) bond motifs is 1. The molecular formula is C18H27N3O2. The number of anilines is 2. The highest BCUT2D eigenvalue weighted by molar-refractivity contribution is 6.52. The van der Waals surface area contributed by atoms with Crippen molar-refractivity contribution >= 4 is 23.1 Å². The summed E-state index contributed by atoms with van der Waals surface area (Å²) in [5.41, 5.74) is 7.37. The lowest BCUT2D eigenvalue weighted by molar-refractivity contribution is -0.114. The van der Waals surface area contributed by atoms with Crippen LogP contribution in [0.5, 0.6) is 0 Å². The van der Waals surface area contributed by atoms with E-state index in [9.17, 15) is 9.59 Å². The van der Waals surface area contributed by atoms with Crippen LogP contribution >= 0.6 is 0 Å². The number of rotatable bonds is 9. The lowest BCUT2D eigenvalue weighted by atomic mass is 10.1. The second-order valence-corrected chi connectivity index (χ2v) is 6.11. The molecule has 0 atom stereocenters. The van der Waals surface area contributed by atoms with E-state index in [0.717, 1.165) is 45.3 Å². The zero-order valence-corrected chi connectivity index (χ0v) is 14.2. The molecule has 126 valence electrons. The first-order chi connectivity index (χ1) is 11.1. The zero-order valence-electron chi connectivity index (χ0n) is 14.2. The quantitative estimate of drug-likeness (QED) is 0.562. The third-order valence-electron chi connectivity index (χ3n) is 4.29. The molecule has 0 bridgehead atoms. The number of carbonyl (C=O) groups excluding carboxylic acids is 2. The van der Waals surface area contributed by atoms with E-state index in [-0.39, 0.29) is 0 Å². The average Bonchev–Trinajstić information content (AvgIpc) is 2.78. The van der Waals surface area contributed by atoms with Gasteiger partial charge in [0.05, 0.1) is 11.3 Å². The SMILES string of the molecule is CCCCN(CCCC)CCN1C(=O)C(=O)c2cc(N)ccc21. The molecular weight excluding hydrogens is 290 g/mol. The summed E-state index contributed by atoms with van der Waals surface area (Å²) in [5.74, 6) is -0.877. The van der Waals surface area contributed by atoms with Crippen molar-refractivity contribution in [3.63, 3.8) is 0 Å². The number of nitrogens with two attached hydrogens (primary N) is 1. The summed E-state index contributed by atoms with van der Waals surface area (Å²) in [6.07, 6.45) is 4.63. The molecule has 0 aromatic heterocycles. The van der Waals surface area contributed by atoms with Crippen LogP contribution in [0.4, 0.5) is 11.4 Å². The molecule has 0 radical (unpaired) electrons. The molecule has 5 nitrogen and oxygen atoms in total. The smallest absolute Gasteiger partial charge is 0.299 e. The maximum absolute atomic E-state index is 12.2. The lowest BCUT2D eigenvalue weighted by Gasteiger charge is -2.25. The molecule has 1 aromatic carbocycles. The minimum absolute atomic E-state index is 0.434. The van der Waals surface area contributed by atoms with Crippen molar-refractivity contribution in [3.05, 3.63) is 23.8 Å². The largest absolute Gasteiger partial charge is 0.399 e. The summed E-state index contributed by atoms with van der Waals surface area (Å²) in [4.78, 5) is 28.3. The minimum Gasteiger partial charge on any atom is -0.399 e. The van der Waals surface area contributed by atoms with Gasteiger partial charge in [0.25, 0.3) is 11.7 Å². The van der Waals surface area contributed by atoms with Gasteiger partial charge in [-0.15, -0.1) is 0 Å². The molecule has 0 fully saturated rings. The van der Waals surface area contributed by atoms with Gasteiger partial charge in [-0.2, -0.15) is 0 Å². The van der Waals surface area contributed by atoms with Gasteiger partial charge < -0.3 is 15.5 Å². The van der Waals surface area contributed by atoms with Crippen molar-refractivity contribution in [2.75, 3.05) is 36.8 Å². The highest BCUT2D eigenvalue weighted by Gasteiger charge is 2.35. The van der Waals surface area contributed by atoms with Gasteiger partial charge in [0.1, 0.15) is 0 Å². The van der Waals surface area contributed by atoms with Crippen molar-refractivity contribution in [1.29, 1.82) is 0 Å². The Hall–Kier alpha value is -1.88. The van der Waals surface area contributed by atoms with Gasteiger partial charge in [0.15, 0.2) is 0 Å². The fourth-order valence-corrected chi connectivity index (χ4v) is 2.88. The zero-order chi connectivity index (χ0) is 16.8. The Labute approximate surface area is 138 Å². The van der Waals surface area contributed by atoms with E-state index in [1.54, 1.807) is 23.1 Å². The summed E-state index contributed by atoms with van der Waals surface area (Å²) in [5, 5.41) is 0. The van der Waals surface area contributed by atoms with Crippen molar-refractivity contribution in [2.24, 2.45) is 0 Å². The Balaban J connectivity index is 2.04. The highest BCUT2D eigenvalue weighted by Crippen LogP contribution is 2.30. The topological polar surface area (TPSA) is 66.6 Å². The van der Waals surface area contributed by atoms with E-state index in [1.807, 2.05) is 0 Å². The Bertz CT molecular complexity index is 563. The number of nitrogen functional groups attached to an aromatic ring is 1. The second-order valence-electron chi connectivity index (χ2n) is 6.11. The van der Waals surface area contributed by atoms with E-state index < -0.39 is 11.7 Å². The summed E-state index contributed by atoms with van der Waals surface area (Å²) >= 11 is 0. The first kappa shape index (κ1) is 17.5. The van der Waals surface area contributed by atoms with Crippen LogP contribution in [0, 0.1) is 0 Å². The first-order valence-corrected chi connectivity index (χ1v) is 8.56. The fourth-order valence-electron chi connectivity index (χ4n) is 2.88. The number of benzene rings is 1. The number of carbonyl (C=O) groups is 2. The molecule has 23 heavy (non-hydrogen) atoms. The Morgan fingerprint density at radius 1 is 1.04 bits per heavy atom. The van der Waals surface area contributed by atoms with Gasteiger partial charge in [0.2, 0.25) is 0 Å². The second kappa shape index (κ2) is 8.11. The molecule has 1 aliphatic rings. The molecule has 1 amide bonds. The summed E-state index contributed by atoms with van der Waals surface area (Å²) in [6, 6.07) is 5.11. The molecule has 0 spiro atoms. The standard InChI is InChI=1S/C18H27N3O2/c1-3-5-9-20(10-6-4-2)11-12-21-16-8-7-14(19)13-15(16)17(22)18(21)23/h7-8,13H,3-6,9-12,19H2,1-2H3. The number of ketones is 1. The third-order valence-corrected chi connectivity index (χ3v) is 4.29. The van der Waals surface area contributed by atoms with Crippen LogP contribution in [0.25, 0.3) is 0 Å². The fraction of sp³-hybridized carbons (Fsp3) is 0.556. The van der Waals surface area contributed by atoms with E-state index in [4.69, 9.17) is 5.73 Å². The van der Waals surface area contributed by atoms with Crippen LogP contribution in [-0.4, -0.2) is 42.8 Å². The van der Waals surface area contributed by atoms with E-state index in [2.05, 4.69) is 18.7 Å². The third kappa shape index (κ3) is 4.10. The summed E-state index contributed by atoms with van der Waals surface area (Å²) in [7, 11) is 0. The van der Waals surface area contributed by atoms with E-state index in [1.165, 1.54) is 0 Å². The maximum atomic E-state index is 12.2. The minimum atomic E-state index is -0.444. The Morgan fingerprint density at radius 2 is 1.70 bits per heavy atom. The predicted molar refractivity (Wildman–Crippen MR) is 93.8 cm³/mol. The van der Waals surface area contributed by atoms with Crippen LogP contribution < -0.4 is 10.6 Å². The van der Waals surface area contributed by atoms with Crippen molar-refractivity contribution in [1.82, 2.24) is 4.90 Å². The summed E-state index contributed by atoms with van der Waals surface area (Å²) < 4.78 is 0. The van der Waals surface area contributed by atoms with Gasteiger partial charge in [-0.05, 0) is 44.1 Å². The number of nitrogens with zero attached hydrogens (tertiary/aromatic N) is 2. The lowest BCUT2D eigenvalue weighted by Crippen LogP contribution is -2.38. The van der Waals surface area contributed by atoms with Crippen LogP contribution in [0.2, 0.25) is 0 Å². The molecule has 0 saturated carbocycles. The van der Waals surface area contributed by atoms with Gasteiger partial charge in [0, 0.05) is 18.8 Å². The van der Waals surface area contributed by atoms with Crippen molar-refractivity contribution in [3.8, 4) is 0 Å². The molecule has 0 saturated heterocycles. The molecule has 1 aliphatic heterocycles. The first-order valence-electron chi connectivity index (χ1n) is 8.56. The molecule has 5 heteroatoms. The van der Waals surface area contributed by atoms with Crippen molar-refractivity contribution < 1.29 is 9.59 Å². The Kier molecular flexibility index (Phi) is 6.16. The molecule has 0 aliphatic carbocycles. The number of unbranched alkanes of at least 4 members (excludes halogenated alkanes) is 2. The number of hydrogen-bond donors (Lipinski definition) is 1. The average molecular weight is 317 g/mol. The normalized spacial score (nSPS) is 14.0. The van der Waals surface area contributed by atoms with Gasteiger partial charge in [-0.1, -0.05) is 26.7 Å². The monoisotopic (exact) mass is 317 g/mol. The van der Waals surface area contributed by atoms with Crippen molar-refractivity contribution in [2.45, 2.75) is 39.5 Å². The van der Waals surface area contributed by atoms with Gasteiger partial charge in [-0.3, -0.25) is 9.59 Å². The summed E-state index contributed by atoms with van der Waals surface area (Å²) in [6.45, 7) is 7.79. The number of amides is 1. The maximum Gasteiger partial charge on any atom is 0.299 e. The van der Waals surface area contributed by atoms with Gasteiger partial charge >= 0.3 is 0 Å².